The van der Waals surface area contributed by atoms with Crippen LogP contribution in [-0.4, -0.2) is 34.8 Å². The number of ether oxygens (including phenoxy) is 1. The molecule has 0 spiro atoms. The lowest BCUT2D eigenvalue weighted by molar-refractivity contribution is -0.179. The molecule has 0 bridgehead atoms. The van der Waals surface area contributed by atoms with Crippen LogP contribution in [0.15, 0.2) is 22.8 Å². The van der Waals surface area contributed by atoms with Crippen molar-refractivity contribution in [2.24, 2.45) is 16.7 Å². The monoisotopic (exact) mass is 418 g/mol. The van der Waals surface area contributed by atoms with E-state index in [1.165, 1.54) is 18.1 Å². The van der Waals surface area contributed by atoms with Crippen LogP contribution in [0.3, 0.4) is 0 Å². The Labute approximate surface area is 175 Å². The Morgan fingerprint density at radius 1 is 1.17 bits per heavy atom. The molecule has 0 amide bonds. The fraction of sp³-hybridized carbons (Fsp3) is 0.652. The lowest BCUT2D eigenvalue weighted by Crippen LogP contribution is -2.56. The zero-order valence-corrected chi connectivity index (χ0v) is 18.0. The van der Waals surface area contributed by atoms with Gasteiger partial charge in [0.25, 0.3) is 0 Å². The summed E-state index contributed by atoms with van der Waals surface area (Å²) in [5.74, 6) is -1.44. The Bertz CT molecular complexity index is 899. The van der Waals surface area contributed by atoms with E-state index < -0.39 is 22.4 Å². The molecule has 4 atom stereocenters. The van der Waals surface area contributed by atoms with Crippen molar-refractivity contribution in [3.63, 3.8) is 0 Å². The summed E-state index contributed by atoms with van der Waals surface area (Å²) in [6.45, 7) is 5.49. The molecule has 4 rings (SSSR count). The van der Waals surface area contributed by atoms with Crippen molar-refractivity contribution in [3.8, 4) is 0 Å². The summed E-state index contributed by atoms with van der Waals surface area (Å²) in [4.78, 5) is 49.0. The molecule has 6 heteroatoms. The smallest absolute Gasteiger partial charge is 0.303 e. The first kappa shape index (κ1) is 20.5. The highest BCUT2D eigenvalue weighted by molar-refractivity contribution is 6.42. The van der Waals surface area contributed by atoms with Crippen LogP contribution in [-0.2, 0) is 23.9 Å². The van der Waals surface area contributed by atoms with E-state index in [1.54, 1.807) is 6.08 Å². The van der Waals surface area contributed by atoms with Crippen molar-refractivity contribution in [2.45, 2.75) is 71.3 Å². The van der Waals surface area contributed by atoms with Gasteiger partial charge in [0.1, 0.15) is 0 Å². The van der Waals surface area contributed by atoms with Crippen molar-refractivity contribution in [2.75, 3.05) is 5.88 Å². The van der Waals surface area contributed by atoms with Gasteiger partial charge in [0.2, 0.25) is 11.6 Å². The van der Waals surface area contributed by atoms with E-state index >= 15 is 0 Å². The van der Waals surface area contributed by atoms with E-state index in [0.29, 0.717) is 12.8 Å². The van der Waals surface area contributed by atoms with E-state index in [1.807, 2.05) is 0 Å². The van der Waals surface area contributed by atoms with E-state index in [0.717, 1.165) is 31.3 Å². The minimum absolute atomic E-state index is 0.115. The molecular formula is C23H27ClO5. The van der Waals surface area contributed by atoms with Gasteiger partial charge in [-0.05, 0) is 50.5 Å². The fourth-order valence-corrected chi connectivity index (χ4v) is 6.97. The average molecular weight is 419 g/mol. The Morgan fingerprint density at radius 2 is 1.90 bits per heavy atom. The Balaban J connectivity index is 1.81. The van der Waals surface area contributed by atoms with Crippen LogP contribution in [0.25, 0.3) is 0 Å². The number of carbonyl (C=O) groups excluding carboxylic acids is 4. The fourth-order valence-electron chi connectivity index (χ4n) is 6.75. The number of hydrogen-bond acceptors (Lipinski definition) is 5. The molecule has 0 aromatic carbocycles. The van der Waals surface area contributed by atoms with Crippen LogP contribution >= 0.6 is 11.6 Å². The maximum Gasteiger partial charge on any atom is 0.303 e. The lowest BCUT2D eigenvalue weighted by Gasteiger charge is -2.52. The van der Waals surface area contributed by atoms with Gasteiger partial charge in [0.15, 0.2) is 11.4 Å². The van der Waals surface area contributed by atoms with Crippen LogP contribution in [0.5, 0.6) is 0 Å². The van der Waals surface area contributed by atoms with Gasteiger partial charge in [0, 0.05) is 24.2 Å². The second kappa shape index (κ2) is 6.63. The molecule has 0 aliphatic heterocycles. The van der Waals surface area contributed by atoms with Crippen LogP contribution in [0, 0.1) is 16.7 Å². The number of alkyl halides is 1. The standard InChI is InChI=1S/C23H27ClO5/c1-13(25)29-23(20(28)12-24)9-7-17-15-5-4-14-10-18(26)19(27)11-21(14,2)16(15)6-8-22(17,23)3/h10,17H,4-9,11-12H2,1-3H3/t17-,21-,22-,23-/m0/s1. The van der Waals surface area contributed by atoms with Crippen LogP contribution in [0.2, 0.25) is 0 Å². The third-order valence-corrected chi connectivity index (χ3v) is 8.44. The molecule has 0 aromatic heterocycles. The highest BCUT2D eigenvalue weighted by Gasteiger charge is 2.66. The first-order chi connectivity index (χ1) is 13.6. The zero-order valence-electron chi connectivity index (χ0n) is 17.2. The summed E-state index contributed by atoms with van der Waals surface area (Å²) in [5.41, 5.74) is 1.54. The Kier molecular flexibility index (Phi) is 4.69. The number of allylic oxidation sites excluding steroid dienone is 4. The Morgan fingerprint density at radius 3 is 2.55 bits per heavy atom. The van der Waals surface area contributed by atoms with Gasteiger partial charge < -0.3 is 4.74 Å². The number of Topliss-reactive ketones (excluding diaryl/α,β-unsaturated/α-hetero) is 2. The topological polar surface area (TPSA) is 77.5 Å². The number of carbonyl (C=O) groups is 4. The number of hydrogen-bond donors (Lipinski definition) is 0. The quantitative estimate of drug-likeness (QED) is 0.301. The first-order valence-corrected chi connectivity index (χ1v) is 10.9. The molecule has 0 aromatic rings. The summed E-state index contributed by atoms with van der Waals surface area (Å²) < 4.78 is 5.76. The molecule has 0 N–H and O–H groups in total. The van der Waals surface area contributed by atoms with Crippen LogP contribution < -0.4 is 0 Å². The molecule has 4 aliphatic carbocycles. The van der Waals surface area contributed by atoms with Crippen molar-refractivity contribution in [1.82, 2.24) is 0 Å². The molecule has 1 saturated carbocycles. The van der Waals surface area contributed by atoms with E-state index in [-0.39, 0.29) is 35.6 Å². The van der Waals surface area contributed by atoms with Gasteiger partial charge in [-0.15, -0.1) is 11.6 Å². The summed E-state index contributed by atoms with van der Waals surface area (Å²) in [6.07, 6.45) is 6.02. The maximum absolute atomic E-state index is 12.9. The van der Waals surface area contributed by atoms with Crippen LogP contribution in [0.1, 0.15) is 65.7 Å². The Hall–Kier alpha value is -1.75. The molecule has 29 heavy (non-hydrogen) atoms. The predicted octanol–water partition coefficient (Wildman–Crippen LogP) is 3.87. The number of fused-ring (bicyclic) bond motifs is 4. The van der Waals surface area contributed by atoms with Crippen LogP contribution in [0.4, 0.5) is 0 Å². The van der Waals surface area contributed by atoms with E-state index in [2.05, 4.69) is 13.8 Å². The predicted molar refractivity (Wildman–Crippen MR) is 107 cm³/mol. The molecule has 0 radical (unpaired) electrons. The number of esters is 1. The van der Waals surface area contributed by atoms with Crippen molar-refractivity contribution < 1.29 is 23.9 Å². The summed E-state index contributed by atoms with van der Waals surface area (Å²) in [7, 11) is 0. The number of halogens is 1. The van der Waals surface area contributed by atoms with Gasteiger partial charge in [-0.3, -0.25) is 19.2 Å². The molecular weight excluding hydrogens is 392 g/mol. The third-order valence-electron chi connectivity index (χ3n) is 8.20. The first-order valence-electron chi connectivity index (χ1n) is 10.4. The number of ketones is 3. The second-order valence-electron chi connectivity index (χ2n) is 9.46. The summed E-state index contributed by atoms with van der Waals surface area (Å²) in [5, 5.41) is 0. The van der Waals surface area contributed by atoms with E-state index in [4.69, 9.17) is 16.3 Å². The minimum Gasteiger partial charge on any atom is -0.451 e. The number of rotatable bonds is 3. The SMILES string of the molecule is CC(=O)O[C@]1(C(=O)CCl)CC[C@H]2C3=C(CC[C@@]21C)[C@@]1(C)CC(=O)C(=O)C=C1CC3. The van der Waals surface area contributed by atoms with Gasteiger partial charge in [0.05, 0.1) is 5.88 Å². The molecule has 0 heterocycles. The maximum atomic E-state index is 12.9. The van der Waals surface area contributed by atoms with Gasteiger partial charge >= 0.3 is 5.97 Å². The second-order valence-corrected chi connectivity index (χ2v) is 9.72. The van der Waals surface area contributed by atoms with Crippen molar-refractivity contribution in [1.29, 1.82) is 0 Å². The molecule has 0 unspecified atom stereocenters. The highest BCUT2D eigenvalue weighted by atomic mass is 35.5. The molecule has 1 fully saturated rings. The molecule has 156 valence electrons. The zero-order chi connectivity index (χ0) is 21.2. The third kappa shape index (κ3) is 2.66. The normalized spacial score (nSPS) is 38.8. The highest BCUT2D eigenvalue weighted by Crippen LogP contribution is 2.66. The summed E-state index contributed by atoms with van der Waals surface area (Å²) >= 11 is 5.95. The van der Waals surface area contributed by atoms with Gasteiger partial charge in [-0.2, -0.15) is 0 Å². The van der Waals surface area contributed by atoms with Gasteiger partial charge in [-0.25, -0.2) is 0 Å². The van der Waals surface area contributed by atoms with Crippen molar-refractivity contribution in [3.05, 3.63) is 22.8 Å². The lowest BCUT2D eigenvalue weighted by atomic mass is 9.52. The molecule has 0 saturated heterocycles. The largest absolute Gasteiger partial charge is 0.451 e. The average Bonchev–Trinajstić information content (AvgIpc) is 2.95. The molecule has 4 aliphatic rings. The minimum atomic E-state index is -1.18. The van der Waals surface area contributed by atoms with Gasteiger partial charge in [-0.1, -0.05) is 30.6 Å². The van der Waals surface area contributed by atoms with Crippen molar-refractivity contribution >= 4 is 34.9 Å². The summed E-state index contributed by atoms with van der Waals surface area (Å²) in [6, 6.07) is 0. The molecule has 5 nitrogen and oxygen atoms in total. The van der Waals surface area contributed by atoms with E-state index in [9.17, 15) is 19.2 Å².